The molecule has 4 aliphatic rings. The van der Waals surface area contributed by atoms with Crippen molar-refractivity contribution in [2.75, 3.05) is 0 Å². The zero-order valence-corrected chi connectivity index (χ0v) is 10.6. The van der Waals surface area contributed by atoms with E-state index in [1.807, 2.05) is 0 Å². The minimum Gasteiger partial charge on any atom is -0.481 e. The first-order valence-corrected chi connectivity index (χ1v) is 6.81. The van der Waals surface area contributed by atoms with Gasteiger partial charge in [-0.05, 0) is 69.6 Å². The molecule has 0 saturated heterocycles. The molecule has 4 saturated carbocycles. The van der Waals surface area contributed by atoms with Crippen LogP contribution in [-0.4, -0.2) is 21.8 Å². The van der Waals surface area contributed by atoms with Gasteiger partial charge in [0.05, 0.1) is 11.0 Å². The van der Waals surface area contributed by atoms with Crippen molar-refractivity contribution < 1.29 is 15.0 Å². The van der Waals surface area contributed by atoms with E-state index in [1.165, 1.54) is 6.42 Å². The number of aliphatic carboxylic acids is 1. The van der Waals surface area contributed by atoms with Crippen LogP contribution >= 0.6 is 0 Å². The predicted octanol–water partition coefficient (Wildman–Crippen LogP) is 2.28. The van der Waals surface area contributed by atoms with Gasteiger partial charge in [0.2, 0.25) is 0 Å². The van der Waals surface area contributed by atoms with Crippen LogP contribution in [0.4, 0.5) is 0 Å². The Kier molecular flexibility index (Phi) is 2.20. The molecule has 0 aromatic heterocycles. The highest BCUT2D eigenvalue weighted by molar-refractivity contribution is 5.75. The summed E-state index contributed by atoms with van der Waals surface area (Å²) in [6.45, 7) is 3.41. The molecule has 96 valence electrons. The van der Waals surface area contributed by atoms with E-state index in [0.29, 0.717) is 0 Å². The maximum atomic E-state index is 11.5. The number of carboxylic acids is 1. The molecule has 0 radical (unpaired) electrons. The lowest BCUT2D eigenvalue weighted by Crippen LogP contribution is -2.66. The van der Waals surface area contributed by atoms with E-state index < -0.39 is 17.0 Å². The van der Waals surface area contributed by atoms with Gasteiger partial charge in [-0.25, -0.2) is 0 Å². The fourth-order valence-electron chi connectivity index (χ4n) is 5.09. The van der Waals surface area contributed by atoms with Gasteiger partial charge < -0.3 is 10.2 Å². The minimum absolute atomic E-state index is 0.213. The summed E-state index contributed by atoms with van der Waals surface area (Å²) in [6, 6.07) is 0. The number of aliphatic hydroxyl groups is 1. The molecule has 4 rings (SSSR count). The molecule has 0 amide bonds. The number of hydrogen-bond acceptors (Lipinski definition) is 2. The van der Waals surface area contributed by atoms with E-state index in [0.717, 1.165) is 37.5 Å². The molecule has 0 heterocycles. The third-order valence-corrected chi connectivity index (χ3v) is 5.92. The van der Waals surface area contributed by atoms with Gasteiger partial charge in [0.15, 0.2) is 0 Å². The fraction of sp³-hybridized carbons (Fsp3) is 0.929. The van der Waals surface area contributed by atoms with Crippen molar-refractivity contribution in [3.05, 3.63) is 0 Å². The molecule has 0 aliphatic heterocycles. The summed E-state index contributed by atoms with van der Waals surface area (Å²) in [4.78, 5) is 11.5. The van der Waals surface area contributed by atoms with Gasteiger partial charge in [-0.1, -0.05) is 0 Å². The molecule has 4 fully saturated rings. The largest absolute Gasteiger partial charge is 0.481 e. The van der Waals surface area contributed by atoms with Crippen molar-refractivity contribution >= 4 is 5.97 Å². The molecule has 4 bridgehead atoms. The zero-order chi connectivity index (χ0) is 12.4. The van der Waals surface area contributed by atoms with Gasteiger partial charge in [0.1, 0.15) is 0 Å². The Morgan fingerprint density at radius 2 is 1.47 bits per heavy atom. The van der Waals surface area contributed by atoms with Gasteiger partial charge >= 0.3 is 5.97 Å². The van der Waals surface area contributed by atoms with E-state index in [2.05, 4.69) is 0 Å². The highest BCUT2D eigenvalue weighted by Gasteiger charge is 2.64. The summed E-state index contributed by atoms with van der Waals surface area (Å²) < 4.78 is 0. The minimum atomic E-state index is -1.02. The molecule has 3 heteroatoms. The number of carbonyl (C=O) groups is 1. The van der Waals surface area contributed by atoms with Crippen LogP contribution in [0.15, 0.2) is 0 Å². The summed E-state index contributed by atoms with van der Waals surface area (Å²) in [6.07, 6.45) is 5.48. The fourth-order valence-corrected chi connectivity index (χ4v) is 5.09. The van der Waals surface area contributed by atoms with Crippen LogP contribution in [0, 0.1) is 29.1 Å². The van der Waals surface area contributed by atoms with Gasteiger partial charge in [-0.3, -0.25) is 4.79 Å². The highest BCUT2D eigenvalue weighted by atomic mass is 16.4. The molecule has 0 atom stereocenters. The van der Waals surface area contributed by atoms with Gasteiger partial charge in [-0.2, -0.15) is 0 Å². The lowest BCUT2D eigenvalue weighted by atomic mass is 9.44. The summed E-state index contributed by atoms with van der Waals surface area (Å²) in [5, 5.41) is 20.5. The predicted molar refractivity (Wildman–Crippen MR) is 63.4 cm³/mol. The molecule has 4 aliphatic carbocycles. The summed E-state index contributed by atoms with van der Waals surface area (Å²) in [5.41, 5.74) is -2.00. The van der Waals surface area contributed by atoms with Gasteiger partial charge in [0.25, 0.3) is 0 Å². The summed E-state index contributed by atoms with van der Waals surface area (Å²) >= 11 is 0. The lowest BCUT2D eigenvalue weighted by Gasteiger charge is -2.62. The van der Waals surface area contributed by atoms with Crippen LogP contribution in [0.2, 0.25) is 0 Å². The number of hydrogen-bond donors (Lipinski definition) is 2. The molecule has 2 N–H and O–H groups in total. The van der Waals surface area contributed by atoms with Crippen molar-refractivity contribution in [3.8, 4) is 0 Å². The Labute approximate surface area is 102 Å². The molecule has 0 spiro atoms. The lowest BCUT2D eigenvalue weighted by molar-refractivity contribution is -0.232. The average Bonchev–Trinajstić information content (AvgIpc) is 2.23. The van der Waals surface area contributed by atoms with Crippen molar-refractivity contribution in [2.24, 2.45) is 29.1 Å². The molecular weight excluding hydrogens is 216 g/mol. The molecular formula is C14H22O3. The van der Waals surface area contributed by atoms with E-state index in [9.17, 15) is 15.0 Å². The molecule has 0 aromatic carbocycles. The van der Waals surface area contributed by atoms with Gasteiger partial charge in [-0.15, -0.1) is 0 Å². The zero-order valence-electron chi connectivity index (χ0n) is 10.6. The standard InChI is InChI=1S/C14H22O3/c1-13(2,12(15)16)14(17)10-4-8-3-9(6-10)7-11(14)5-8/h8-11,17H,3-7H2,1-2H3,(H,15,16). The normalized spacial score (nSPS) is 48.4. The number of rotatable bonds is 2. The van der Waals surface area contributed by atoms with Crippen LogP contribution < -0.4 is 0 Å². The first kappa shape index (κ1) is 11.5. The first-order valence-electron chi connectivity index (χ1n) is 6.81. The average molecular weight is 238 g/mol. The van der Waals surface area contributed by atoms with Crippen molar-refractivity contribution in [2.45, 2.75) is 51.6 Å². The molecule has 0 aromatic rings. The van der Waals surface area contributed by atoms with Crippen LogP contribution in [0.5, 0.6) is 0 Å². The maximum absolute atomic E-state index is 11.5. The van der Waals surface area contributed by atoms with Crippen molar-refractivity contribution in [3.63, 3.8) is 0 Å². The second-order valence-corrected chi connectivity index (χ2v) is 7.06. The van der Waals surface area contributed by atoms with E-state index in [-0.39, 0.29) is 11.8 Å². The Hall–Kier alpha value is -0.570. The summed E-state index contributed by atoms with van der Waals surface area (Å²) in [7, 11) is 0. The van der Waals surface area contributed by atoms with Crippen LogP contribution in [-0.2, 0) is 4.79 Å². The topological polar surface area (TPSA) is 57.5 Å². The second kappa shape index (κ2) is 3.25. The van der Waals surface area contributed by atoms with Crippen LogP contribution in [0.3, 0.4) is 0 Å². The first-order chi connectivity index (χ1) is 7.85. The number of carboxylic acid groups (broad SMARTS) is 1. The molecule has 17 heavy (non-hydrogen) atoms. The second-order valence-electron chi connectivity index (χ2n) is 7.06. The Bertz CT molecular complexity index is 330. The van der Waals surface area contributed by atoms with Crippen LogP contribution in [0.1, 0.15) is 46.0 Å². The van der Waals surface area contributed by atoms with Crippen molar-refractivity contribution in [1.29, 1.82) is 0 Å². The quantitative estimate of drug-likeness (QED) is 0.776. The van der Waals surface area contributed by atoms with E-state index in [4.69, 9.17) is 0 Å². The van der Waals surface area contributed by atoms with Crippen LogP contribution in [0.25, 0.3) is 0 Å². The van der Waals surface area contributed by atoms with E-state index >= 15 is 0 Å². The molecule has 0 unspecified atom stereocenters. The summed E-state index contributed by atoms with van der Waals surface area (Å²) in [5.74, 6) is 1.08. The monoisotopic (exact) mass is 238 g/mol. The van der Waals surface area contributed by atoms with E-state index in [1.54, 1.807) is 13.8 Å². The Morgan fingerprint density at radius 3 is 1.82 bits per heavy atom. The SMILES string of the molecule is CC(C)(C(=O)O)C1(O)C2CC3CC(C2)CC1C3. The highest BCUT2D eigenvalue weighted by Crippen LogP contribution is 2.62. The third-order valence-electron chi connectivity index (χ3n) is 5.92. The maximum Gasteiger partial charge on any atom is 0.312 e. The Morgan fingerprint density at radius 1 is 1.06 bits per heavy atom. The molecule has 3 nitrogen and oxygen atoms in total. The smallest absolute Gasteiger partial charge is 0.312 e. The van der Waals surface area contributed by atoms with Gasteiger partial charge in [0, 0.05) is 0 Å². The van der Waals surface area contributed by atoms with Crippen molar-refractivity contribution in [1.82, 2.24) is 0 Å². The Balaban J connectivity index is 2.00. The third kappa shape index (κ3) is 1.29.